The lowest BCUT2D eigenvalue weighted by atomic mass is 10.3. The molecule has 2 N–H and O–H groups in total. The molecule has 0 spiro atoms. The van der Waals surface area contributed by atoms with Gasteiger partial charge in [0, 0.05) is 32.0 Å². The van der Waals surface area contributed by atoms with Crippen molar-refractivity contribution in [1.29, 1.82) is 0 Å². The fourth-order valence-electron chi connectivity index (χ4n) is 1.64. The number of hydrogen-bond acceptors (Lipinski definition) is 2. The van der Waals surface area contributed by atoms with E-state index in [0.29, 0.717) is 6.54 Å². The molecule has 0 aliphatic carbocycles. The van der Waals surface area contributed by atoms with Gasteiger partial charge in [0.2, 0.25) is 5.91 Å². The van der Waals surface area contributed by atoms with Crippen LogP contribution in [0.5, 0.6) is 0 Å². The first-order valence-electron chi connectivity index (χ1n) is 6.38. The van der Waals surface area contributed by atoms with Gasteiger partial charge in [-0.2, -0.15) is 0 Å². The van der Waals surface area contributed by atoms with Crippen molar-refractivity contribution >= 4 is 5.91 Å². The van der Waals surface area contributed by atoms with E-state index in [9.17, 15) is 4.79 Å². The van der Waals surface area contributed by atoms with E-state index in [-0.39, 0.29) is 5.91 Å². The normalized spacial score (nSPS) is 10.5. The van der Waals surface area contributed by atoms with Crippen molar-refractivity contribution in [3.05, 3.63) is 24.0 Å². The molecule has 0 bridgehead atoms. The topological polar surface area (TPSA) is 46.1 Å². The number of nitrogens with one attached hydrogen (secondary N) is 2. The van der Waals surface area contributed by atoms with E-state index in [1.54, 1.807) is 0 Å². The quantitative estimate of drug-likeness (QED) is 0.720. The summed E-state index contributed by atoms with van der Waals surface area (Å²) in [6.07, 6.45) is 6.32. The Hall–Kier alpha value is -1.29. The standard InChI is InChI=1S/C13H23N3O/c1-3-6-15-13(17)10-14-9-12-5-8-16(11-12)7-4-2/h5,8,11,14H,3-4,6-7,9-10H2,1-2H3,(H,15,17). The molecule has 0 radical (unpaired) electrons. The lowest BCUT2D eigenvalue weighted by Gasteiger charge is -2.04. The second kappa shape index (κ2) is 7.90. The number of carbonyl (C=O) groups is 1. The number of aromatic nitrogens is 1. The maximum absolute atomic E-state index is 11.3. The molecule has 1 aromatic heterocycles. The summed E-state index contributed by atoms with van der Waals surface area (Å²) in [6.45, 7) is 7.15. The molecule has 1 aromatic rings. The number of rotatable bonds is 8. The number of hydrogen-bond donors (Lipinski definition) is 2. The van der Waals surface area contributed by atoms with E-state index in [1.165, 1.54) is 5.56 Å². The second-order valence-electron chi connectivity index (χ2n) is 4.21. The van der Waals surface area contributed by atoms with Crippen LogP contribution in [0.2, 0.25) is 0 Å². The molecule has 0 atom stereocenters. The van der Waals surface area contributed by atoms with Crippen LogP contribution in [0.1, 0.15) is 32.3 Å². The number of aryl methyl sites for hydroxylation is 1. The molecule has 4 heteroatoms. The largest absolute Gasteiger partial charge is 0.355 e. The average molecular weight is 237 g/mol. The SMILES string of the molecule is CCCNC(=O)CNCc1ccn(CCC)c1. The van der Waals surface area contributed by atoms with Crippen LogP contribution >= 0.6 is 0 Å². The molecule has 0 unspecified atom stereocenters. The molecule has 4 nitrogen and oxygen atoms in total. The maximum Gasteiger partial charge on any atom is 0.233 e. The molecule has 17 heavy (non-hydrogen) atoms. The van der Waals surface area contributed by atoms with Gasteiger partial charge in [-0.25, -0.2) is 0 Å². The van der Waals surface area contributed by atoms with Gasteiger partial charge in [-0.05, 0) is 24.5 Å². The molecule has 96 valence electrons. The van der Waals surface area contributed by atoms with Gasteiger partial charge in [-0.3, -0.25) is 4.79 Å². The summed E-state index contributed by atoms with van der Waals surface area (Å²) in [4.78, 5) is 11.3. The van der Waals surface area contributed by atoms with Crippen LogP contribution in [-0.4, -0.2) is 23.6 Å². The molecule has 0 aliphatic rings. The molecule has 1 rings (SSSR count). The van der Waals surface area contributed by atoms with E-state index in [0.717, 1.165) is 32.5 Å². The third-order valence-electron chi connectivity index (χ3n) is 2.48. The smallest absolute Gasteiger partial charge is 0.233 e. The zero-order valence-corrected chi connectivity index (χ0v) is 10.8. The molecule has 0 aliphatic heterocycles. The summed E-state index contributed by atoms with van der Waals surface area (Å²) in [5.41, 5.74) is 1.22. The van der Waals surface area contributed by atoms with Gasteiger partial charge < -0.3 is 15.2 Å². The number of amides is 1. The first-order valence-corrected chi connectivity index (χ1v) is 6.38. The first kappa shape index (κ1) is 13.8. The van der Waals surface area contributed by atoms with Crippen LogP contribution in [0.4, 0.5) is 0 Å². The van der Waals surface area contributed by atoms with Crippen molar-refractivity contribution in [3.63, 3.8) is 0 Å². The van der Waals surface area contributed by atoms with Crippen LogP contribution in [0.3, 0.4) is 0 Å². The molecule has 0 fully saturated rings. The Morgan fingerprint density at radius 3 is 2.88 bits per heavy atom. The molecule has 0 saturated carbocycles. The minimum Gasteiger partial charge on any atom is -0.355 e. The highest BCUT2D eigenvalue weighted by molar-refractivity contribution is 5.77. The van der Waals surface area contributed by atoms with E-state index in [1.807, 2.05) is 6.92 Å². The van der Waals surface area contributed by atoms with E-state index < -0.39 is 0 Å². The van der Waals surface area contributed by atoms with Gasteiger partial charge in [0.15, 0.2) is 0 Å². The second-order valence-corrected chi connectivity index (χ2v) is 4.21. The van der Waals surface area contributed by atoms with E-state index in [4.69, 9.17) is 0 Å². The zero-order valence-electron chi connectivity index (χ0n) is 10.8. The third-order valence-corrected chi connectivity index (χ3v) is 2.48. The van der Waals surface area contributed by atoms with Crippen LogP contribution in [0.25, 0.3) is 0 Å². The highest BCUT2D eigenvalue weighted by Gasteiger charge is 2.00. The van der Waals surface area contributed by atoms with Crippen molar-refractivity contribution in [2.45, 2.75) is 39.8 Å². The molecular weight excluding hydrogens is 214 g/mol. The fourth-order valence-corrected chi connectivity index (χ4v) is 1.64. The predicted molar refractivity (Wildman–Crippen MR) is 69.7 cm³/mol. The fraction of sp³-hybridized carbons (Fsp3) is 0.615. The van der Waals surface area contributed by atoms with Gasteiger partial charge >= 0.3 is 0 Å². The Kier molecular flexibility index (Phi) is 6.40. The van der Waals surface area contributed by atoms with Crippen molar-refractivity contribution in [1.82, 2.24) is 15.2 Å². The Balaban J connectivity index is 2.19. The van der Waals surface area contributed by atoms with Gasteiger partial charge in [0.1, 0.15) is 0 Å². The summed E-state index contributed by atoms with van der Waals surface area (Å²) in [7, 11) is 0. The monoisotopic (exact) mass is 237 g/mol. The van der Waals surface area contributed by atoms with Gasteiger partial charge in [-0.1, -0.05) is 13.8 Å². The maximum atomic E-state index is 11.3. The van der Waals surface area contributed by atoms with Crippen molar-refractivity contribution in [2.24, 2.45) is 0 Å². The lowest BCUT2D eigenvalue weighted by Crippen LogP contribution is -2.33. The van der Waals surface area contributed by atoms with Crippen LogP contribution in [-0.2, 0) is 17.9 Å². The van der Waals surface area contributed by atoms with Crippen molar-refractivity contribution in [2.75, 3.05) is 13.1 Å². The first-order chi connectivity index (χ1) is 8.26. The van der Waals surface area contributed by atoms with Crippen molar-refractivity contribution < 1.29 is 4.79 Å². The highest BCUT2D eigenvalue weighted by Crippen LogP contribution is 2.01. The van der Waals surface area contributed by atoms with Crippen LogP contribution < -0.4 is 10.6 Å². The minimum atomic E-state index is 0.0693. The van der Waals surface area contributed by atoms with Crippen LogP contribution in [0.15, 0.2) is 18.5 Å². The molecule has 0 aromatic carbocycles. The third kappa shape index (κ3) is 5.54. The minimum absolute atomic E-state index is 0.0693. The average Bonchev–Trinajstić information content (AvgIpc) is 2.75. The zero-order chi connectivity index (χ0) is 12.5. The Morgan fingerprint density at radius 2 is 2.18 bits per heavy atom. The highest BCUT2D eigenvalue weighted by atomic mass is 16.1. The lowest BCUT2D eigenvalue weighted by molar-refractivity contribution is -0.120. The summed E-state index contributed by atoms with van der Waals surface area (Å²) in [6, 6.07) is 2.09. The predicted octanol–water partition coefficient (Wildman–Crippen LogP) is 1.51. The summed E-state index contributed by atoms with van der Waals surface area (Å²) in [5.74, 6) is 0.0693. The molecule has 0 saturated heterocycles. The number of carbonyl (C=O) groups excluding carboxylic acids is 1. The summed E-state index contributed by atoms with van der Waals surface area (Å²) >= 11 is 0. The number of nitrogens with zero attached hydrogens (tertiary/aromatic N) is 1. The Bertz CT molecular complexity index is 333. The van der Waals surface area contributed by atoms with Gasteiger partial charge in [0.25, 0.3) is 0 Å². The summed E-state index contributed by atoms with van der Waals surface area (Å²) in [5, 5.41) is 5.98. The Labute approximate surface area is 103 Å². The van der Waals surface area contributed by atoms with E-state index >= 15 is 0 Å². The van der Waals surface area contributed by atoms with Crippen molar-refractivity contribution in [3.8, 4) is 0 Å². The molecular formula is C13H23N3O. The van der Waals surface area contributed by atoms with Crippen LogP contribution in [0, 0.1) is 0 Å². The Morgan fingerprint density at radius 1 is 1.35 bits per heavy atom. The summed E-state index contributed by atoms with van der Waals surface area (Å²) < 4.78 is 2.17. The molecule has 1 amide bonds. The van der Waals surface area contributed by atoms with Gasteiger partial charge in [0.05, 0.1) is 6.54 Å². The van der Waals surface area contributed by atoms with Gasteiger partial charge in [-0.15, -0.1) is 0 Å². The van der Waals surface area contributed by atoms with E-state index in [2.05, 4.69) is 40.6 Å². The molecule has 1 heterocycles.